The van der Waals surface area contributed by atoms with Crippen molar-refractivity contribution in [2.45, 2.75) is 142 Å². The van der Waals surface area contributed by atoms with Crippen molar-refractivity contribution in [2.75, 3.05) is 33.0 Å². The largest absolute Gasteiger partial charge is 0.472 e. The number of phosphoric acid groups is 1. The lowest BCUT2D eigenvalue weighted by Gasteiger charge is -2.20. The first-order valence-corrected chi connectivity index (χ1v) is 22.4. The van der Waals surface area contributed by atoms with Gasteiger partial charge in [0.25, 0.3) is 0 Å². The molecule has 0 amide bonds. The minimum absolute atomic E-state index is 0.00186. The Bertz CT molecular complexity index is 1230. The zero-order valence-electron chi connectivity index (χ0n) is 34.5. The Morgan fingerprint density at radius 2 is 0.964 bits per heavy atom. The highest BCUT2D eigenvalue weighted by Crippen LogP contribution is 2.43. The Labute approximate surface area is 340 Å². The van der Waals surface area contributed by atoms with Gasteiger partial charge >= 0.3 is 13.8 Å². The molecule has 0 radical (unpaired) electrons. The molecular weight excluding hydrogens is 727 g/mol. The van der Waals surface area contributed by atoms with Gasteiger partial charge in [-0.05, 0) is 83.5 Å². The first kappa shape index (κ1) is 53.1. The predicted molar refractivity (Wildman–Crippen MR) is 232 cm³/mol. The molecule has 0 rings (SSSR count). The smallest absolute Gasteiger partial charge is 0.457 e. The number of aliphatic hydroxyl groups is 2. The van der Waals surface area contributed by atoms with Crippen LogP contribution in [-0.4, -0.2) is 66.3 Å². The highest BCUT2D eigenvalue weighted by atomic mass is 31.2. The molecule has 0 bridgehead atoms. The summed E-state index contributed by atoms with van der Waals surface area (Å²) < 4.78 is 33.2. The van der Waals surface area contributed by atoms with Crippen LogP contribution in [0.25, 0.3) is 0 Å². The van der Waals surface area contributed by atoms with E-state index in [0.717, 1.165) is 83.5 Å². The maximum absolute atomic E-state index is 12.6. The zero-order chi connectivity index (χ0) is 41.1. The maximum atomic E-state index is 12.6. The fraction of sp³-hybridized carbons (Fsp3) is 0.587. The van der Waals surface area contributed by atoms with Crippen LogP contribution in [0.5, 0.6) is 0 Å². The van der Waals surface area contributed by atoms with Crippen LogP contribution in [0.4, 0.5) is 0 Å². The number of carbonyl (C=O) groups is 1. The van der Waals surface area contributed by atoms with Gasteiger partial charge in [-0.1, -0.05) is 149 Å². The molecule has 0 heterocycles. The molecule has 3 atom stereocenters. The number of hydrogen-bond acceptors (Lipinski definition) is 8. The minimum atomic E-state index is -4.55. The Morgan fingerprint density at radius 1 is 0.554 bits per heavy atom. The summed E-state index contributed by atoms with van der Waals surface area (Å²) in [6.45, 7) is 3.12. The lowest BCUT2D eigenvalue weighted by molar-refractivity contribution is -0.154. The Morgan fingerprint density at radius 3 is 1.45 bits per heavy atom. The van der Waals surface area contributed by atoms with E-state index in [1.807, 2.05) is 12.2 Å². The Kier molecular flexibility index (Phi) is 39.6. The topological polar surface area (TPSA) is 132 Å². The van der Waals surface area contributed by atoms with Crippen LogP contribution in [0.15, 0.2) is 109 Å². The lowest BCUT2D eigenvalue weighted by Crippen LogP contribution is -2.29. The van der Waals surface area contributed by atoms with Crippen molar-refractivity contribution in [3.05, 3.63) is 109 Å². The number of rotatable bonds is 38. The third kappa shape index (κ3) is 40.8. The van der Waals surface area contributed by atoms with Gasteiger partial charge in [0.2, 0.25) is 0 Å². The second-order valence-electron chi connectivity index (χ2n) is 13.2. The minimum Gasteiger partial charge on any atom is -0.457 e. The summed E-state index contributed by atoms with van der Waals surface area (Å²) in [6, 6.07) is 0. The first-order valence-electron chi connectivity index (χ1n) is 20.9. The van der Waals surface area contributed by atoms with E-state index in [1.54, 1.807) is 0 Å². The fourth-order valence-corrected chi connectivity index (χ4v) is 5.65. The van der Waals surface area contributed by atoms with E-state index in [9.17, 15) is 19.4 Å². The second kappa shape index (κ2) is 41.7. The molecule has 0 fully saturated rings. The molecule has 0 aromatic rings. The van der Waals surface area contributed by atoms with Gasteiger partial charge in [-0.2, -0.15) is 0 Å². The number of hydrogen-bond donors (Lipinski definition) is 3. The molecule has 0 saturated carbocycles. The van der Waals surface area contributed by atoms with Crippen LogP contribution < -0.4 is 0 Å². The molecule has 10 heteroatoms. The van der Waals surface area contributed by atoms with Crippen LogP contribution in [0.1, 0.15) is 129 Å². The second-order valence-corrected chi connectivity index (χ2v) is 14.7. The molecule has 0 spiro atoms. The van der Waals surface area contributed by atoms with Crippen LogP contribution in [0.3, 0.4) is 0 Å². The van der Waals surface area contributed by atoms with Gasteiger partial charge < -0.3 is 24.6 Å². The number of phosphoric ester groups is 1. The molecule has 0 saturated heterocycles. The van der Waals surface area contributed by atoms with E-state index in [4.69, 9.17) is 23.6 Å². The van der Waals surface area contributed by atoms with E-state index in [-0.39, 0.29) is 13.0 Å². The van der Waals surface area contributed by atoms with Crippen molar-refractivity contribution < 1.29 is 43.0 Å². The average molecular weight is 803 g/mol. The molecule has 0 aromatic heterocycles. The van der Waals surface area contributed by atoms with Gasteiger partial charge in [0.1, 0.15) is 12.2 Å². The van der Waals surface area contributed by atoms with Gasteiger partial charge in [-0.25, -0.2) is 4.57 Å². The molecule has 56 heavy (non-hydrogen) atoms. The van der Waals surface area contributed by atoms with Crippen LogP contribution in [0, 0.1) is 0 Å². The summed E-state index contributed by atoms with van der Waals surface area (Å²) in [6.07, 6.45) is 53.5. The summed E-state index contributed by atoms with van der Waals surface area (Å²) in [4.78, 5) is 22.5. The monoisotopic (exact) mass is 803 g/mol. The van der Waals surface area contributed by atoms with Crippen LogP contribution >= 0.6 is 7.82 Å². The highest BCUT2D eigenvalue weighted by Gasteiger charge is 2.26. The molecule has 9 nitrogen and oxygen atoms in total. The number of aliphatic hydroxyl groups excluding tert-OH is 2. The van der Waals surface area contributed by atoms with Crippen molar-refractivity contribution in [3.63, 3.8) is 0 Å². The third-order valence-electron chi connectivity index (χ3n) is 7.97. The van der Waals surface area contributed by atoms with Crippen molar-refractivity contribution in [1.82, 2.24) is 0 Å². The number of unbranched alkanes of at least 4 members (excludes halogenated alkanes) is 6. The summed E-state index contributed by atoms with van der Waals surface area (Å²) in [7, 11) is -4.55. The first-order chi connectivity index (χ1) is 27.3. The van der Waals surface area contributed by atoms with Crippen molar-refractivity contribution >= 4 is 13.8 Å². The van der Waals surface area contributed by atoms with Crippen molar-refractivity contribution in [3.8, 4) is 0 Å². The van der Waals surface area contributed by atoms with Gasteiger partial charge in [0, 0.05) is 13.0 Å². The van der Waals surface area contributed by atoms with E-state index in [1.165, 1.54) is 19.3 Å². The standard InChI is InChI=1S/C46H75O9P/c1-3-5-7-9-11-13-15-17-19-21-22-23-24-26-28-30-32-34-36-38-46(49)55-45(43-54-56(50,51)53-41-44(48)40-47)42-52-39-37-35-33-31-29-27-25-20-18-16-14-12-10-8-6-4-2/h5-8,11-14,17-20,22-23,26,28,32,34,44-45,47-48H,3-4,9-10,15-16,21,24-25,27,29-31,33,35-43H2,1-2H3,(H,50,51)/b7-5-,8-6-,13-11-,14-12-,19-17-,20-18-,23-22-,28-26-,34-32-. The zero-order valence-corrected chi connectivity index (χ0v) is 35.4. The van der Waals surface area contributed by atoms with Gasteiger partial charge in [0.05, 0.1) is 26.4 Å². The molecule has 3 unspecified atom stereocenters. The molecule has 0 aliphatic rings. The number of ether oxygens (including phenoxy) is 2. The van der Waals surface area contributed by atoms with E-state index in [2.05, 4.69) is 111 Å². The van der Waals surface area contributed by atoms with Gasteiger partial charge in [0.15, 0.2) is 0 Å². The summed E-state index contributed by atoms with van der Waals surface area (Å²) in [5.74, 6) is -0.475. The molecular formula is C46H75O9P. The van der Waals surface area contributed by atoms with E-state index < -0.39 is 45.8 Å². The predicted octanol–water partition coefficient (Wildman–Crippen LogP) is 11.5. The quantitative estimate of drug-likeness (QED) is 0.0241. The molecule has 0 aliphatic heterocycles. The van der Waals surface area contributed by atoms with Gasteiger partial charge in [-0.3, -0.25) is 13.8 Å². The number of esters is 1. The van der Waals surface area contributed by atoms with Crippen molar-refractivity contribution in [1.29, 1.82) is 0 Å². The fourth-order valence-electron chi connectivity index (χ4n) is 4.86. The summed E-state index contributed by atoms with van der Waals surface area (Å²) in [5, 5.41) is 18.3. The Hall–Kier alpha value is -2.88. The molecule has 0 aromatic carbocycles. The third-order valence-corrected chi connectivity index (χ3v) is 8.92. The SMILES string of the molecule is CC/C=C\C/C=C\C/C=C\C/C=C\C/C=C\C/C=C\CCC(=O)OC(COCCCCCCCC/C=C\C/C=C\C/C=C\CC)COP(=O)(O)OCC(O)CO. The highest BCUT2D eigenvalue weighted by molar-refractivity contribution is 7.47. The Balaban J connectivity index is 4.38. The lowest BCUT2D eigenvalue weighted by atomic mass is 10.1. The molecule has 3 N–H and O–H groups in total. The summed E-state index contributed by atoms with van der Waals surface area (Å²) in [5.41, 5.74) is 0. The summed E-state index contributed by atoms with van der Waals surface area (Å²) >= 11 is 0. The van der Waals surface area contributed by atoms with Crippen LogP contribution in [-0.2, 0) is 27.9 Å². The normalized spacial score (nSPS) is 15.2. The van der Waals surface area contributed by atoms with E-state index >= 15 is 0 Å². The maximum Gasteiger partial charge on any atom is 0.472 e. The molecule has 0 aliphatic carbocycles. The molecule has 318 valence electrons. The van der Waals surface area contributed by atoms with E-state index in [0.29, 0.717) is 13.0 Å². The van der Waals surface area contributed by atoms with Crippen molar-refractivity contribution in [2.24, 2.45) is 0 Å². The number of carbonyl (C=O) groups excluding carboxylic acids is 1. The van der Waals surface area contributed by atoms with Gasteiger partial charge in [-0.15, -0.1) is 0 Å². The average Bonchev–Trinajstić information content (AvgIpc) is 3.19. The number of allylic oxidation sites excluding steroid dienone is 18. The van der Waals surface area contributed by atoms with Crippen LogP contribution in [0.2, 0.25) is 0 Å².